The summed E-state index contributed by atoms with van der Waals surface area (Å²) in [6, 6.07) is 13.8. The molecule has 0 radical (unpaired) electrons. The van der Waals surface area contributed by atoms with Gasteiger partial charge in [-0.05, 0) is 31.2 Å². The summed E-state index contributed by atoms with van der Waals surface area (Å²) in [5.41, 5.74) is 1.71. The van der Waals surface area contributed by atoms with Crippen molar-refractivity contribution in [2.75, 3.05) is 5.32 Å². The largest absolute Gasteiger partial charge is 0.448 e. The highest BCUT2D eigenvalue weighted by Crippen LogP contribution is 2.24. The Labute approximate surface area is 153 Å². The number of ketones is 1. The molecule has 1 N–H and O–H groups in total. The van der Waals surface area contributed by atoms with Crippen LogP contribution in [0, 0.1) is 0 Å². The van der Waals surface area contributed by atoms with E-state index in [-0.39, 0.29) is 17.9 Å². The maximum atomic E-state index is 12.6. The zero-order valence-electron chi connectivity index (χ0n) is 14.4. The van der Waals surface area contributed by atoms with Crippen molar-refractivity contribution in [1.29, 1.82) is 0 Å². The Hall–Kier alpha value is -3.74. The minimum atomic E-state index is -0.427. The van der Waals surface area contributed by atoms with Crippen LogP contribution in [0.4, 0.5) is 5.69 Å². The summed E-state index contributed by atoms with van der Waals surface area (Å²) in [6.07, 6.45) is 1.33. The number of rotatable bonds is 4. The minimum absolute atomic E-state index is 0.0955. The third-order valence-electron chi connectivity index (χ3n) is 4.22. The second-order valence-electron chi connectivity index (χ2n) is 6.14. The molecule has 0 saturated carbocycles. The molecule has 27 heavy (non-hydrogen) atoms. The van der Waals surface area contributed by atoms with Gasteiger partial charge < -0.3 is 9.73 Å². The van der Waals surface area contributed by atoms with Gasteiger partial charge in [0.2, 0.25) is 11.5 Å². The van der Waals surface area contributed by atoms with Crippen LogP contribution in [0.25, 0.3) is 22.1 Å². The van der Waals surface area contributed by atoms with Gasteiger partial charge in [-0.25, -0.2) is 4.98 Å². The van der Waals surface area contributed by atoms with Gasteiger partial charge >= 0.3 is 0 Å². The molecule has 4 rings (SSSR count). The van der Waals surface area contributed by atoms with Gasteiger partial charge in [-0.3, -0.25) is 19.0 Å². The number of furan rings is 1. The lowest BCUT2D eigenvalue weighted by atomic mass is 10.1. The molecular weight excluding hydrogens is 346 g/mol. The first kappa shape index (κ1) is 16.7. The highest BCUT2D eigenvalue weighted by Gasteiger charge is 2.14. The van der Waals surface area contributed by atoms with E-state index in [1.54, 1.807) is 30.3 Å². The first-order chi connectivity index (χ1) is 13.0. The topological polar surface area (TPSA) is 94.2 Å². The van der Waals surface area contributed by atoms with E-state index in [1.165, 1.54) is 17.8 Å². The number of para-hydroxylation sites is 1. The first-order valence-electron chi connectivity index (χ1n) is 8.30. The number of fused-ring (bicyclic) bond motifs is 3. The van der Waals surface area contributed by atoms with E-state index < -0.39 is 11.5 Å². The summed E-state index contributed by atoms with van der Waals surface area (Å²) in [5.74, 6) is -0.503. The number of carbonyl (C=O) groups excluding carboxylic acids is 2. The van der Waals surface area contributed by atoms with Gasteiger partial charge in [-0.2, -0.15) is 0 Å². The second kappa shape index (κ2) is 6.53. The number of amides is 1. The Morgan fingerprint density at radius 2 is 1.96 bits per heavy atom. The molecule has 134 valence electrons. The molecule has 2 aromatic carbocycles. The summed E-state index contributed by atoms with van der Waals surface area (Å²) in [5, 5.41) is 3.43. The minimum Gasteiger partial charge on any atom is -0.448 e. The third kappa shape index (κ3) is 3.10. The lowest BCUT2D eigenvalue weighted by Crippen LogP contribution is -2.27. The van der Waals surface area contributed by atoms with Crippen LogP contribution in [-0.2, 0) is 11.3 Å². The molecule has 7 nitrogen and oxygen atoms in total. The smallest absolute Gasteiger partial charge is 0.297 e. The van der Waals surface area contributed by atoms with E-state index >= 15 is 0 Å². The van der Waals surface area contributed by atoms with Crippen LogP contribution >= 0.6 is 0 Å². The number of Topliss-reactive ketones (excluding diaryl/α,β-unsaturated/α-hetero) is 1. The van der Waals surface area contributed by atoms with Crippen molar-refractivity contribution in [3.8, 4) is 0 Å². The molecule has 2 aromatic heterocycles. The fourth-order valence-corrected chi connectivity index (χ4v) is 2.90. The van der Waals surface area contributed by atoms with E-state index in [0.717, 1.165) is 5.39 Å². The molecule has 0 bridgehead atoms. The molecule has 0 fully saturated rings. The number of hydrogen-bond donors (Lipinski definition) is 1. The SMILES string of the molecule is CC(=O)c1cccc(NC(=O)Cn2cnc3c(oc4ccccc43)c2=O)c1. The maximum absolute atomic E-state index is 12.6. The lowest BCUT2D eigenvalue weighted by Gasteiger charge is -2.08. The van der Waals surface area contributed by atoms with Gasteiger partial charge in [0.1, 0.15) is 17.6 Å². The van der Waals surface area contributed by atoms with Gasteiger partial charge in [0.25, 0.3) is 5.56 Å². The zero-order chi connectivity index (χ0) is 19.0. The van der Waals surface area contributed by atoms with Crippen molar-refractivity contribution < 1.29 is 14.0 Å². The Kier molecular flexibility index (Phi) is 4.04. The van der Waals surface area contributed by atoms with E-state index in [0.29, 0.717) is 22.4 Å². The van der Waals surface area contributed by atoms with Gasteiger partial charge in [-0.15, -0.1) is 0 Å². The Morgan fingerprint density at radius 3 is 2.78 bits per heavy atom. The fraction of sp³-hybridized carbons (Fsp3) is 0.100. The Balaban J connectivity index is 1.61. The number of hydrogen-bond acceptors (Lipinski definition) is 5. The molecule has 0 spiro atoms. The predicted octanol–water partition coefficient (Wildman–Crippen LogP) is 2.98. The summed E-state index contributed by atoms with van der Waals surface area (Å²) < 4.78 is 6.79. The standard InChI is InChI=1S/C20H15N3O4/c1-12(24)13-5-4-6-14(9-13)22-17(25)10-23-11-21-18-15-7-2-3-8-16(15)27-19(18)20(23)26/h2-9,11H,10H2,1H3,(H,22,25). The van der Waals surface area contributed by atoms with Crippen LogP contribution in [0.5, 0.6) is 0 Å². The summed E-state index contributed by atoms with van der Waals surface area (Å²) in [7, 11) is 0. The van der Waals surface area contributed by atoms with Crippen LogP contribution in [0.3, 0.4) is 0 Å². The molecule has 0 aliphatic rings. The van der Waals surface area contributed by atoms with Crippen LogP contribution in [0.1, 0.15) is 17.3 Å². The van der Waals surface area contributed by atoms with Crippen molar-refractivity contribution in [2.24, 2.45) is 0 Å². The number of nitrogens with zero attached hydrogens (tertiary/aromatic N) is 2. The number of aromatic nitrogens is 2. The van der Waals surface area contributed by atoms with E-state index in [1.807, 2.05) is 18.2 Å². The van der Waals surface area contributed by atoms with Crippen molar-refractivity contribution in [2.45, 2.75) is 13.5 Å². The van der Waals surface area contributed by atoms with Crippen LogP contribution < -0.4 is 10.9 Å². The molecule has 1 amide bonds. The predicted molar refractivity (Wildman–Crippen MR) is 101 cm³/mol. The van der Waals surface area contributed by atoms with Crippen molar-refractivity contribution in [3.63, 3.8) is 0 Å². The number of carbonyl (C=O) groups is 2. The van der Waals surface area contributed by atoms with Crippen molar-refractivity contribution >= 4 is 39.4 Å². The van der Waals surface area contributed by atoms with Crippen molar-refractivity contribution in [3.05, 3.63) is 70.8 Å². The number of anilines is 1. The van der Waals surface area contributed by atoms with E-state index in [9.17, 15) is 14.4 Å². The van der Waals surface area contributed by atoms with Crippen molar-refractivity contribution in [1.82, 2.24) is 9.55 Å². The average molecular weight is 361 g/mol. The lowest BCUT2D eigenvalue weighted by molar-refractivity contribution is -0.116. The Bertz CT molecular complexity index is 1250. The third-order valence-corrected chi connectivity index (χ3v) is 4.22. The molecule has 2 heterocycles. The number of nitrogens with one attached hydrogen (secondary N) is 1. The average Bonchev–Trinajstić information content (AvgIpc) is 3.04. The van der Waals surface area contributed by atoms with E-state index in [2.05, 4.69) is 10.3 Å². The molecule has 0 aliphatic carbocycles. The van der Waals surface area contributed by atoms with Crippen LogP contribution in [0.15, 0.2) is 64.1 Å². The highest BCUT2D eigenvalue weighted by atomic mass is 16.3. The summed E-state index contributed by atoms with van der Waals surface area (Å²) in [6.45, 7) is 1.23. The molecule has 0 saturated heterocycles. The molecule has 0 aliphatic heterocycles. The molecule has 4 aromatic rings. The number of benzene rings is 2. The molecule has 0 unspecified atom stereocenters. The monoisotopic (exact) mass is 361 g/mol. The van der Waals surface area contributed by atoms with Gasteiger partial charge in [0, 0.05) is 16.6 Å². The summed E-state index contributed by atoms with van der Waals surface area (Å²) in [4.78, 5) is 40.7. The molecular formula is C20H15N3O4. The van der Waals surface area contributed by atoms with Gasteiger partial charge in [-0.1, -0.05) is 24.3 Å². The van der Waals surface area contributed by atoms with Gasteiger partial charge in [0.15, 0.2) is 5.78 Å². The Morgan fingerprint density at radius 1 is 1.15 bits per heavy atom. The second-order valence-corrected chi connectivity index (χ2v) is 6.14. The fourth-order valence-electron chi connectivity index (χ4n) is 2.90. The molecule has 7 heteroatoms. The molecule has 0 atom stereocenters. The highest BCUT2D eigenvalue weighted by molar-refractivity contribution is 6.02. The maximum Gasteiger partial charge on any atom is 0.297 e. The van der Waals surface area contributed by atoms with Crippen LogP contribution in [0.2, 0.25) is 0 Å². The summed E-state index contributed by atoms with van der Waals surface area (Å²) >= 11 is 0. The van der Waals surface area contributed by atoms with Gasteiger partial charge in [0.05, 0.1) is 6.33 Å². The first-order valence-corrected chi connectivity index (χ1v) is 8.30. The normalized spacial score (nSPS) is 11.0. The van der Waals surface area contributed by atoms with Crippen LogP contribution in [-0.4, -0.2) is 21.2 Å². The quantitative estimate of drug-likeness (QED) is 0.564. The zero-order valence-corrected chi connectivity index (χ0v) is 14.4. The van der Waals surface area contributed by atoms with E-state index in [4.69, 9.17) is 4.42 Å².